The molecule has 0 spiro atoms. The molecule has 0 aliphatic heterocycles. The molecular weight excluding hydrogens is 230 g/mol. The van der Waals surface area contributed by atoms with Crippen LogP contribution in [0.25, 0.3) is 0 Å². The summed E-state index contributed by atoms with van der Waals surface area (Å²) in [6.45, 7) is 4.23. The van der Waals surface area contributed by atoms with Crippen LogP contribution in [0.4, 0.5) is 0 Å². The Labute approximate surface area is 107 Å². The summed E-state index contributed by atoms with van der Waals surface area (Å²) in [5.74, 6) is 1.42. The Morgan fingerprint density at radius 1 is 1.41 bits per heavy atom. The van der Waals surface area contributed by atoms with Crippen LogP contribution < -0.4 is 5.32 Å². The minimum absolute atomic E-state index is 0.380. The fourth-order valence-corrected chi connectivity index (χ4v) is 3.38. The van der Waals surface area contributed by atoms with Crippen molar-refractivity contribution in [1.82, 2.24) is 5.32 Å². The van der Waals surface area contributed by atoms with Gasteiger partial charge in [-0.05, 0) is 26.0 Å². The summed E-state index contributed by atoms with van der Waals surface area (Å²) in [7, 11) is 1.18. The SMILES string of the molecule is CCCC(CS(=O)Cc1cccc(C)c1)NC. The van der Waals surface area contributed by atoms with Crippen molar-refractivity contribution < 1.29 is 4.21 Å². The van der Waals surface area contributed by atoms with Crippen LogP contribution in [0, 0.1) is 6.92 Å². The Balaban J connectivity index is 2.49. The molecule has 0 amide bonds. The third kappa shape index (κ3) is 5.46. The zero-order chi connectivity index (χ0) is 12.7. The molecule has 96 valence electrons. The first-order valence-electron chi connectivity index (χ1n) is 6.23. The molecule has 3 heteroatoms. The minimum Gasteiger partial charge on any atom is -0.316 e. The summed E-state index contributed by atoms with van der Waals surface area (Å²) >= 11 is 0. The lowest BCUT2D eigenvalue weighted by molar-refractivity contribution is 0.557. The Morgan fingerprint density at radius 2 is 2.18 bits per heavy atom. The number of benzene rings is 1. The third-order valence-corrected chi connectivity index (χ3v) is 4.27. The molecule has 0 aliphatic carbocycles. The van der Waals surface area contributed by atoms with Crippen LogP contribution >= 0.6 is 0 Å². The van der Waals surface area contributed by atoms with E-state index in [0.29, 0.717) is 11.8 Å². The number of hydrogen-bond donors (Lipinski definition) is 1. The van der Waals surface area contributed by atoms with Crippen molar-refractivity contribution in [2.24, 2.45) is 0 Å². The van der Waals surface area contributed by atoms with E-state index < -0.39 is 10.8 Å². The molecule has 17 heavy (non-hydrogen) atoms. The molecule has 2 atom stereocenters. The molecule has 0 heterocycles. The van der Waals surface area contributed by atoms with E-state index in [2.05, 4.69) is 37.4 Å². The number of aryl methyl sites for hydroxylation is 1. The van der Waals surface area contributed by atoms with Crippen molar-refractivity contribution in [2.45, 2.75) is 38.5 Å². The van der Waals surface area contributed by atoms with E-state index in [1.807, 2.05) is 13.1 Å². The predicted molar refractivity (Wildman–Crippen MR) is 75.6 cm³/mol. The lowest BCUT2D eigenvalue weighted by Gasteiger charge is -2.14. The Hall–Kier alpha value is -0.670. The van der Waals surface area contributed by atoms with E-state index in [4.69, 9.17) is 0 Å². The molecule has 2 nitrogen and oxygen atoms in total. The smallest absolute Gasteiger partial charge is 0.0486 e. The summed E-state index contributed by atoms with van der Waals surface area (Å²) in [4.78, 5) is 0. The van der Waals surface area contributed by atoms with Gasteiger partial charge in [0, 0.05) is 28.3 Å². The van der Waals surface area contributed by atoms with Crippen LogP contribution in [0.3, 0.4) is 0 Å². The van der Waals surface area contributed by atoms with Crippen LogP contribution in [-0.4, -0.2) is 23.1 Å². The molecule has 0 saturated carbocycles. The molecule has 0 saturated heterocycles. The summed E-state index contributed by atoms with van der Waals surface area (Å²) in [5, 5.41) is 3.24. The number of hydrogen-bond acceptors (Lipinski definition) is 2. The van der Waals surface area contributed by atoms with Gasteiger partial charge in [-0.1, -0.05) is 43.2 Å². The minimum atomic E-state index is -0.773. The first-order chi connectivity index (χ1) is 8.15. The highest BCUT2D eigenvalue weighted by atomic mass is 32.2. The van der Waals surface area contributed by atoms with Gasteiger partial charge in [0.2, 0.25) is 0 Å². The monoisotopic (exact) mass is 253 g/mol. The Morgan fingerprint density at radius 3 is 2.76 bits per heavy atom. The van der Waals surface area contributed by atoms with Gasteiger partial charge >= 0.3 is 0 Å². The first-order valence-corrected chi connectivity index (χ1v) is 7.72. The molecule has 0 fully saturated rings. The second kappa shape index (κ2) is 7.62. The molecule has 0 aromatic heterocycles. The highest BCUT2D eigenvalue weighted by Crippen LogP contribution is 2.08. The van der Waals surface area contributed by atoms with E-state index in [1.165, 1.54) is 11.1 Å². The van der Waals surface area contributed by atoms with Crippen molar-refractivity contribution in [3.8, 4) is 0 Å². The summed E-state index contributed by atoms with van der Waals surface area (Å²) in [6.07, 6.45) is 2.23. The van der Waals surface area contributed by atoms with Crippen LogP contribution in [0.2, 0.25) is 0 Å². The highest BCUT2D eigenvalue weighted by molar-refractivity contribution is 7.84. The van der Waals surface area contributed by atoms with Gasteiger partial charge in [-0.15, -0.1) is 0 Å². The van der Waals surface area contributed by atoms with Gasteiger partial charge in [-0.3, -0.25) is 4.21 Å². The summed E-state index contributed by atoms with van der Waals surface area (Å²) in [6, 6.07) is 8.65. The van der Waals surface area contributed by atoms with Crippen molar-refractivity contribution >= 4 is 10.8 Å². The standard InChI is InChI=1S/C14H23NOS/c1-4-6-14(15-3)11-17(16)10-13-8-5-7-12(2)9-13/h5,7-9,14-15H,4,6,10-11H2,1-3H3. The van der Waals surface area contributed by atoms with Gasteiger partial charge < -0.3 is 5.32 Å². The second-order valence-corrected chi connectivity index (χ2v) is 6.02. The molecule has 1 N–H and O–H groups in total. The lowest BCUT2D eigenvalue weighted by Crippen LogP contribution is -2.31. The van der Waals surface area contributed by atoms with Crippen LogP contribution in [0.15, 0.2) is 24.3 Å². The fourth-order valence-electron chi connectivity index (χ4n) is 1.93. The van der Waals surface area contributed by atoms with E-state index in [1.54, 1.807) is 0 Å². The number of rotatable bonds is 7. The van der Waals surface area contributed by atoms with Gasteiger partial charge in [0.1, 0.15) is 0 Å². The Kier molecular flexibility index (Phi) is 6.45. The molecule has 1 rings (SSSR count). The average Bonchev–Trinajstić information content (AvgIpc) is 2.28. The average molecular weight is 253 g/mol. The maximum Gasteiger partial charge on any atom is 0.0486 e. The Bertz CT molecular complexity index is 365. The molecular formula is C14H23NOS. The van der Waals surface area contributed by atoms with Crippen LogP contribution in [0.5, 0.6) is 0 Å². The molecule has 1 aromatic rings. The largest absolute Gasteiger partial charge is 0.316 e. The van der Waals surface area contributed by atoms with Crippen molar-refractivity contribution in [3.05, 3.63) is 35.4 Å². The zero-order valence-corrected chi connectivity index (χ0v) is 11.8. The van der Waals surface area contributed by atoms with E-state index in [-0.39, 0.29) is 0 Å². The van der Waals surface area contributed by atoms with Gasteiger partial charge in [-0.2, -0.15) is 0 Å². The molecule has 2 unspecified atom stereocenters. The van der Waals surface area contributed by atoms with Gasteiger partial charge in [0.05, 0.1) is 0 Å². The van der Waals surface area contributed by atoms with Gasteiger partial charge in [0.15, 0.2) is 0 Å². The van der Waals surface area contributed by atoms with Gasteiger partial charge in [0.25, 0.3) is 0 Å². The normalized spacial score (nSPS) is 14.5. The quantitative estimate of drug-likeness (QED) is 0.809. The molecule has 0 aliphatic rings. The van der Waals surface area contributed by atoms with E-state index in [0.717, 1.165) is 18.6 Å². The van der Waals surface area contributed by atoms with Crippen molar-refractivity contribution in [1.29, 1.82) is 0 Å². The lowest BCUT2D eigenvalue weighted by atomic mass is 10.2. The third-order valence-electron chi connectivity index (χ3n) is 2.84. The molecule has 0 bridgehead atoms. The fraction of sp³-hybridized carbons (Fsp3) is 0.571. The zero-order valence-electron chi connectivity index (χ0n) is 11.0. The maximum atomic E-state index is 12.0. The van der Waals surface area contributed by atoms with Crippen molar-refractivity contribution in [3.63, 3.8) is 0 Å². The highest BCUT2D eigenvalue weighted by Gasteiger charge is 2.10. The maximum absolute atomic E-state index is 12.0. The summed E-state index contributed by atoms with van der Waals surface area (Å²) < 4.78 is 12.0. The van der Waals surface area contributed by atoms with E-state index >= 15 is 0 Å². The second-order valence-electron chi connectivity index (χ2n) is 4.51. The topological polar surface area (TPSA) is 29.1 Å². The van der Waals surface area contributed by atoms with Crippen molar-refractivity contribution in [2.75, 3.05) is 12.8 Å². The first kappa shape index (κ1) is 14.4. The van der Waals surface area contributed by atoms with Gasteiger partial charge in [-0.25, -0.2) is 0 Å². The number of nitrogens with one attached hydrogen (secondary N) is 1. The van der Waals surface area contributed by atoms with Crippen LogP contribution in [0.1, 0.15) is 30.9 Å². The van der Waals surface area contributed by atoms with Crippen LogP contribution in [-0.2, 0) is 16.6 Å². The van der Waals surface area contributed by atoms with E-state index in [9.17, 15) is 4.21 Å². The predicted octanol–water partition coefficient (Wildman–Crippen LogP) is 2.63. The summed E-state index contributed by atoms with van der Waals surface area (Å²) in [5.41, 5.74) is 2.41. The molecule has 0 radical (unpaired) electrons. The molecule has 1 aromatic carbocycles.